The fourth-order valence-corrected chi connectivity index (χ4v) is 3.51. The van der Waals surface area contributed by atoms with Crippen molar-refractivity contribution in [3.8, 4) is 11.5 Å². The van der Waals surface area contributed by atoms with Crippen LogP contribution in [0.25, 0.3) is 0 Å². The highest BCUT2D eigenvalue weighted by atomic mass is 31.1. The largest absolute Gasteiger partial charge is 0.496 e. The number of ether oxygens (including phenoxy) is 2. The van der Waals surface area contributed by atoms with E-state index in [-0.39, 0.29) is 5.41 Å². The van der Waals surface area contributed by atoms with Crippen molar-refractivity contribution < 1.29 is 27.9 Å². The molecule has 0 saturated heterocycles. The maximum atomic E-state index is 11.1. The Balaban J connectivity index is 3.43. The predicted octanol–water partition coefficient (Wildman–Crippen LogP) is 3.40. The van der Waals surface area contributed by atoms with E-state index < -0.39 is 23.6 Å². The zero-order valence-corrected chi connectivity index (χ0v) is 17.0. The van der Waals surface area contributed by atoms with E-state index in [1.165, 1.54) is 0 Å². The van der Waals surface area contributed by atoms with Crippen molar-refractivity contribution in [1.29, 1.82) is 0 Å². The standard InChI is InChI=1S/C15H27O6PSi/c1-15(2,3)13-11(18-4)8-10(9-12(13)19-5)14(20-22(16)17)21-23(6)7/h8-9,14,22-23H,1-7H3,(H,16,17). The second-order valence-electron chi connectivity index (χ2n) is 6.45. The molecule has 2 unspecified atom stereocenters. The van der Waals surface area contributed by atoms with E-state index in [0.717, 1.165) is 5.56 Å². The fraction of sp³-hybridized carbons (Fsp3) is 0.600. The predicted molar refractivity (Wildman–Crippen MR) is 93.3 cm³/mol. The summed E-state index contributed by atoms with van der Waals surface area (Å²) >= 11 is 0. The molecule has 1 rings (SSSR count). The van der Waals surface area contributed by atoms with Crippen LogP contribution in [0.4, 0.5) is 0 Å². The molecule has 132 valence electrons. The molecule has 1 aromatic carbocycles. The molecule has 0 bridgehead atoms. The van der Waals surface area contributed by atoms with Gasteiger partial charge >= 0.3 is 8.25 Å². The van der Waals surface area contributed by atoms with Gasteiger partial charge in [-0.3, -0.25) is 9.09 Å². The lowest BCUT2D eigenvalue weighted by atomic mass is 9.85. The second kappa shape index (κ2) is 8.31. The van der Waals surface area contributed by atoms with Crippen LogP contribution >= 0.6 is 8.25 Å². The van der Waals surface area contributed by atoms with Crippen LogP contribution in [-0.2, 0) is 18.9 Å². The summed E-state index contributed by atoms with van der Waals surface area (Å²) in [7, 11) is -1.47. The molecule has 0 saturated carbocycles. The molecule has 0 spiro atoms. The molecule has 0 aliphatic carbocycles. The molecule has 1 aromatic rings. The van der Waals surface area contributed by atoms with Gasteiger partial charge in [0.2, 0.25) is 0 Å². The van der Waals surface area contributed by atoms with Gasteiger partial charge in [-0.25, -0.2) is 0 Å². The minimum atomic E-state index is -3.14. The normalized spacial score (nSPS) is 14.7. The molecule has 0 aromatic heterocycles. The molecule has 6 nitrogen and oxygen atoms in total. The topological polar surface area (TPSA) is 74.2 Å². The lowest BCUT2D eigenvalue weighted by Gasteiger charge is -2.27. The molecule has 2 atom stereocenters. The van der Waals surface area contributed by atoms with Crippen LogP contribution in [0.3, 0.4) is 0 Å². The Morgan fingerprint density at radius 3 is 1.91 bits per heavy atom. The van der Waals surface area contributed by atoms with Gasteiger partial charge in [-0.2, -0.15) is 0 Å². The summed E-state index contributed by atoms with van der Waals surface area (Å²) < 4.78 is 33.0. The summed E-state index contributed by atoms with van der Waals surface area (Å²) in [5.41, 5.74) is 1.33. The summed E-state index contributed by atoms with van der Waals surface area (Å²) in [6.45, 7) is 10.1. The molecular formula is C15H27O6PSi. The molecule has 0 aliphatic rings. The number of rotatable bonds is 7. The van der Waals surface area contributed by atoms with Crippen LogP contribution in [0.1, 0.15) is 38.2 Å². The van der Waals surface area contributed by atoms with E-state index in [2.05, 4.69) is 20.8 Å². The first kappa shape index (κ1) is 20.2. The van der Waals surface area contributed by atoms with Crippen molar-refractivity contribution in [2.75, 3.05) is 14.2 Å². The molecule has 0 fully saturated rings. The summed E-state index contributed by atoms with van der Waals surface area (Å²) in [5.74, 6) is 1.26. The van der Waals surface area contributed by atoms with Crippen LogP contribution < -0.4 is 9.47 Å². The van der Waals surface area contributed by atoms with Gasteiger partial charge in [0.15, 0.2) is 15.3 Å². The third-order valence-corrected chi connectivity index (χ3v) is 4.36. The van der Waals surface area contributed by atoms with Crippen molar-refractivity contribution in [1.82, 2.24) is 0 Å². The zero-order valence-electron chi connectivity index (χ0n) is 14.8. The quantitative estimate of drug-likeness (QED) is 0.455. The van der Waals surface area contributed by atoms with E-state index in [9.17, 15) is 4.57 Å². The van der Waals surface area contributed by atoms with E-state index in [1.54, 1.807) is 26.4 Å². The zero-order chi connectivity index (χ0) is 17.8. The average Bonchev–Trinajstić information content (AvgIpc) is 2.42. The van der Waals surface area contributed by atoms with E-state index in [1.807, 2.05) is 13.1 Å². The van der Waals surface area contributed by atoms with Crippen molar-refractivity contribution in [2.24, 2.45) is 0 Å². The molecule has 1 N–H and O–H groups in total. The lowest BCUT2D eigenvalue weighted by Crippen LogP contribution is -2.18. The number of hydrogen-bond donors (Lipinski definition) is 1. The van der Waals surface area contributed by atoms with Gasteiger partial charge in [0, 0.05) is 11.1 Å². The van der Waals surface area contributed by atoms with Gasteiger partial charge in [0.05, 0.1) is 14.2 Å². The maximum absolute atomic E-state index is 11.1. The van der Waals surface area contributed by atoms with Crippen molar-refractivity contribution in [3.05, 3.63) is 23.3 Å². The van der Waals surface area contributed by atoms with Crippen molar-refractivity contribution >= 4 is 17.3 Å². The first-order chi connectivity index (χ1) is 10.6. The Morgan fingerprint density at radius 2 is 1.61 bits per heavy atom. The maximum Gasteiger partial charge on any atom is 0.319 e. The Hall–Kier alpha value is -0.853. The molecule has 8 heteroatoms. The monoisotopic (exact) mass is 362 g/mol. The van der Waals surface area contributed by atoms with E-state index in [4.69, 9.17) is 23.3 Å². The molecular weight excluding hydrogens is 335 g/mol. The molecule has 0 aliphatic heterocycles. The minimum Gasteiger partial charge on any atom is -0.496 e. The molecule has 0 heterocycles. The van der Waals surface area contributed by atoms with Crippen molar-refractivity contribution in [2.45, 2.75) is 45.6 Å². The van der Waals surface area contributed by atoms with Crippen LogP contribution in [-0.4, -0.2) is 28.2 Å². The first-order valence-electron chi connectivity index (χ1n) is 7.41. The Bertz CT molecular complexity index is 530. The Labute approximate surface area is 140 Å². The van der Waals surface area contributed by atoms with Gasteiger partial charge in [0.25, 0.3) is 0 Å². The van der Waals surface area contributed by atoms with Gasteiger partial charge < -0.3 is 18.8 Å². The molecule has 0 amide bonds. The number of hydrogen-bond acceptors (Lipinski definition) is 5. The van der Waals surface area contributed by atoms with E-state index in [0.29, 0.717) is 17.1 Å². The molecule has 0 radical (unpaired) electrons. The minimum absolute atomic E-state index is 0.191. The van der Waals surface area contributed by atoms with Crippen LogP contribution in [0.5, 0.6) is 11.5 Å². The summed E-state index contributed by atoms with van der Waals surface area (Å²) in [4.78, 5) is 9.13. The van der Waals surface area contributed by atoms with Crippen LogP contribution in [0.2, 0.25) is 13.1 Å². The highest BCUT2D eigenvalue weighted by Crippen LogP contribution is 2.42. The first-order valence-corrected chi connectivity index (χ1v) is 11.5. The van der Waals surface area contributed by atoms with Gasteiger partial charge in [-0.1, -0.05) is 20.8 Å². The third kappa shape index (κ3) is 5.62. The van der Waals surface area contributed by atoms with Crippen LogP contribution in [0.15, 0.2) is 12.1 Å². The molecule has 23 heavy (non-hydrogen) atoms. The van der Waals surface area contributed by atoms with E-state index >= 15 is 0 Å². The SMILES string of the molecule is COc1cc(C(O[SiH](C)C)O[PH](=O)O)cc(OC)c1C(C)(C)C. The average molecular weight is 362 g/mol. The Kier molecular flexibility index (Phi) is 7.29. The number of methoxy groups -OCH3 is 2. The van der Waals surface area contributed by atoms with Crippen LogP contribution in [0, 0.1) is 0 Å². The summed E-state index contributed by atoms with van der Waals surface area (Å²) in [6.07, 6.45) is -0.908. The van der Waals surface area contributed by atoms with Gasteiger partial charge in [-0.05, 0) is 30.6 Å². The third-order valence-electron chi connectivity index (χ3n) is 3.15. The highest BCUT2D eigenvalue weighted by Gasteiger charge is 2.27. The summed E-state index contributed by atoms with van der Waals surface area (Å²) in [5, 5.41) is 0. The van der Waals surface area contributed by atoms with Gasteiger partial charge in [-0.15, -0.1) is 0 Å². The fourth-order valence-electron chi connectivity index (χ4n) is 2.32. The summed E-state index contributed by atoms with van der Waals surface area (Å²) in [6, 6.07) is 3.55. The lowest BCUT2D eigenvalue weighted by molar-refractivity contribution is 0.000304. The number of benzene rings is 1. The smallest absolute Gasteiger partial charge is 0.319 e. The van der Waals surface area contributed by atoms with Crippen molar-refractivity contribution in [3.63, 3.8) is 0 Å². The Morgan fingerprint density at radius 1 is 1.13 bits per heavy atom. The second-order valence-corrected chi connectivity index (χ2v) is 9.59. The van der Waals surface area contributed by atoms with Gasteiger partial charge in [0.1, 0.15) is 11.5 Å². The highest BCUT2D eigenvalue weighted by molar-refractivity contribution is 7.32.